The molecule has 0 aliphatic heterocycles. The Hall–Kier alpha value is -0.790. The summed E-state index contributed by atoms with van der Waals surface area (Å²) in [4.78, 5) is 3.95. The van der Waals surface area contributed by atoms with Crippen LogP contribution in [0.25, 0.3) is 0 Å². The van der Waals surface area contributed by atoms with Crippen LogP contribution in [-0.2, 0) is 0 Å². The molecule has 0 aromatic heterocycles. The topological polar surface area (TPSA) is 38.4 Å². The van der Waals surface area contributed by atoms with Crippen LogP contribution in [0.4, 0.5) is 0 Å². The molecule has 0 aromatic carbocycles. The number of hydrogen-bond donors (Lipinski definition) is 1. The maximum Gasteiger partial charge on any atom is 0.0439 e. The number of nitrogens with two attached hydrogens (primary N) is 1. The molecule has 0 spiro atoms. The van der Waals surface area contributed by atoms with E-state index < -0.39 is 0 Å². The molecule has 0 bridgehead atoms. The van der Waals surface area contributed by atoms with Crippen LogP contribution < -0.4 is 5.73 Å². The van der Waals surface area contributed by atoms with Crippen molar-refractivity contribution in [3.63, 3.8) is 0 Å². The van der Waals surface area contributed by atoms with Gasteiger partial charge in [-0.2, -0.15) is 0 Å². The Balaban J connectivity index is 3.05. The third-order valence-electron chi connectivity index (χ3n) is 0.745. The van der Waals surface area contributed by atoms with Crippen molar-refractivity contribution in [1.82, 2.24) is 0 Å². The van der Waals surface area contributed by atoms with Crippen molar-refractivity contribution in [1.29, 1.82) is 0 Å². The summed E-state index contributed by atoms with van der Waals surface area (Å²) in [5.74, 6) is 0. The molecule has 0 aromatic rings. The largest absolute Gasteiger partial charge is 0.402 e. The van der Waals surface area contributed by atoms with Gasteiger partial charge in [-0.25, -0.2) is 0 Å². The highest BCUT2D eigenvalue weighted by atomic mass is 14.7. The summed E-state index contributed by atoms with van der Waals surface area (Å²) in [5, 5.41) is 0. The zero-order valence-corrected chi connectivity index (χ0v) is 5.22. The first-order chi connectivity index (χ1) is 3.77. The van der Waals surface area contributed by atoms with E-state index in [-0.39, 0.29) is 0 Å². The highest BCUT2D eigenvalue weighted by Gasteiger charge is 1.80. The summed E-state index contributed by atoms with van der Waals surface area (Å²) in [5.41, 5.74) is 5.97. The lowest BCUT2D eigenvalue weighted by atomic mass is 10.4. The lowest BCUT2D eigenvalue weighted by Crippen LogP contribution is -1.95. The molecule has 46 valence electrons. The molecule has 0 amide bonds. The van der Waals surface area contributed by atoms with Crippen LogP contribution in [0.5, 0.6) is 0 Å². The average Bonchev–Trinajstić information content (AvgIpc) is 1.66. The van der Waals surface area contributed by atoms with E-state index in [1.54, 1.807) is 6.21 Å². The van der Waals surface area contributed by atoms with E-state index in [1.807, 2.05) is 6.92 Å². The maximum atomic E-state index is 5.26. The van der Waals surface area contributed by atoms with E-state index >= 15 is 0 Å². The minimum Gasteiger partial charge on any atom is -0.402 e. The fourth-order valence-electron chi connectivity index (χ4n) is 0.337. The molecule has 0 aliphatic rings. The van der Waals surface area contributed by atoms with Gasteiger partial charge in [0.05, 0.1) is 0 Å². The third-order valence-corrected chi connectivity index (χ3v) is 0.745. The molecule has 0 saturated heterocycles. The Morgan fingerprint density at radius 3 is 2.88 bits per heavy atom. The van der Waals surface area contributed by atoms with Gasteiger partial charge in [0.2, 0.25) is 0 Å². The second kappa shape index (κ2) is 4.37. The summed E-state index contributed by atoms with van der Waals surface area (Å²) in [6.07, 6.45) is 2.56. The summed E-state index contributed by atoms with van der Waals surface area (Å²) in [7, 11) is 0. The monoisotopic (exact) mass is 112 g/mol. The van der Waals surface area contributed by atoms with Gasteiger partial charge >= 0.3 is 0 Å². The van der Waals surface area contributed by atoms with Gasteiger partial charge < -0.3 is 5.73 Å². The SMILES string of the molecule is C=C(N)CCN=CC. The number of aliphatic imine (C=N–C) groups is 1. The van der Waals surface area contributed by atoms with E-state index in [9.17, 15) is 0 Å². The molecule has 0 fully saturated rings. The zero-order valence-electron chi connectivity index (χ0n) is 5.22. The lowest BCUT2D eigenvalue weighted by Gasteiger charge is -1.90. The van der Waals surface area contributed by atoms with Crippen molar-refractivity contribution >= 4 is 6.21 Å². The Labute approximate surface area is 50.1 Å². The molecule has 8 heavy (non-hydrogen) atoms. The van der Waals surface area contributed by atoms with E-state index in [0.717, 1.165) is 13.0 Å². The molecule has 2 N–H and O–H groups in total. The molecule has 0 heterocycles. The summed E-state index contributed by atoms with van der Waals surface area (Å²) in [6.45, 7) is 6.19. The Morgan fingerprint density at radius 2 is 2.50 bits per heavy atom. The maximum absolute atomic E-state index is 5.26. The molecular formula is C6H12N2. The van der Waals surface area contributed by atoms with Crippen LogP contribution in [0, 0.1) is 0 Å². The van der Waals surface area contributed by atoms with Crippen molar-refractivity contribution in [3.8, 4) is 0 Å². The minimum atomic E-state index is 0.704. The quantitative estimate of drug-likeness (QED) is 0.542. The van der Waals surface area contributed by atoms with Gasteiger partial charge in [-0.15, -0.1) is 0 Å². The molecule has 0 rings (SSSR count). The molecule has 2 heteroatoms. The molecule has 0 aliphatic carbocycles. The average molecular weight is 112 g/mol. The van der Waals surface area contributed by atoms with Gasteiger partial charge in [-0.1, -0.05) is 6.58 Å². The van der Waals surface area contributed by atoms with Gasteiger partial charge in [-0.05, 0) is 13.1 Å². The van der Waals surface area contributed by atoms with Crippen molar-refractivity contribution < 1.29 is 0 Å². The fraction of sp³-hybridized carbons (Fsp3) is 0.500. The van der Waals surface area contributed by atoms with E-state index in [0.29, 0.717) is 5.70 Å². The molecule has 0 atom stereocenters. The highest BCUT2D eigenvalue weighted by molar-refractivity contribution is 5.53. The predicted molar refractivity (Wildman–Crippen MR) is 37.0 cm³/mol. The number of hydrogen-bond acceptors (Lipinski definition) is 2. The highest BCUT2D eigenvalue weighted by Crippen LogP contribution is 1.86. The van der Waals surface area contributed by atoms with Crippen molar-refractivity contribution in [2.75, 3.05) is 6.54 Å². The van der Waals surface area contributed by atoms with Crippen LogP contribution in [0.2, 0.25) is 0 Å². The molecule has 2 nitrogen and oxygen atoms in total. The Bertz CT molecular complexity index is 94.7. The van der Waals surface area contributed by atoms with Crippen molar-refractivity contribution in [3.05, 3.63) is 12.3 Å². The van der Waals surface area contributed by atoms with Crippen LogP contribution >= 0.6 is 0 Å². The van der Waals surface area contributed by atoms with Gasteiger partial charge in [0.1, 0.15) is 0 Å². The zero-order chi connectivity index (χ0) is 6.41. The lowest BCUT2D eigenvalue weighted by molar-refractivity contribution is 0.944. The standard InChI is InChI=1S/C6H12N2/c1-3-8-5-4-6(2)7/h3H,2,4-5,7H2,1H3. The molecule has 0 saturated carbocycles. The minimum absolute atomic E-state index is 0.704. The van der Waals surface area contributed by atoms with E-state index in [1.165, 1.54) is 0 Å². The molecule has 0 radical (unpaired) electrons. The van der Waals surface area contributed by atoms with Gasteiger partial charge in [0.25, 0.3) is 0 Å². The smallest absolute Gasteiger partial charge is 0.0439 e. The van der Waals surface area contributed by atoms with Crippen LogP contribution in [0.1, 0.15) is 13.3 Å². The third kappa shape index (κ3) is 5.21. The van der Waals surface area contributed by atoms with E-state index in [2.05, 4.69) is 11.6 Å². The fourth-order valence-corrected chi connectivity index (χ4v) is 0.337. The second-order valence-corrected chi connectivity index (χ2v) is 1.57. The number of nitrogens with zero attached hydrogens (tertiary/aromatic N) is 1. The van der Waals surface area contributed by atoms with Crippen LogP contribution in [0.15, 0.2) is 17.3 Å². The van der Waals surface area contributed by atoms with Crippen molar-refractivity contribution in [2.45, 2.75) is 13.3 Å². The van der Waals surface area contributed by atoms with Crippen LogP contribution in [0.3, 0.4) is 0 Å². The predicted octanol–water partition coefficient (Wildman–Crippen LogP) is 0.940. The first-order valence-electron chi connectivity index (χ1n) is 2.65. The molecular weight excluding hydrogens is 100 g/mol. The van der Waals surface area contributed by atoms with Gasteiger partial charge in [0, 0.05) is 18.7 Å². The van der Waals surface area contributed by atoms with Gasteiger partial charge in [0.15, 0.2) is 0 Å². The Kier molecular flexibility index (Phi) is 3.94. The van der Waals surface area contributed by atoms with Gasteiger partial charge in [-0.3, -0.25) is 4.99 Å². The van der Waals surface area contributed by atoms with Crippen LogP contribution in [-0.4, -0.2) is 12.8 Å². The number of rotatable bonds is 3. The molecule has 0 unspecified atom stereocenters. The summed E-state index contributed by atoms with van der Waals surface area (Å²) in [6, 6.07) is 0. The summed E-state index contributed by atoms with van der Waals surface area (Å²) >= 11 is 0. The first-order valence-corrected chi connectivity index (χ1v) is 2.65. The Morgan fingerprint density at radius 1 is 1.88 bits per heavy atom. The van der Waals surface area contributed by atoms with E-state index in [4.69, 9.17) is 5.73 Å². The first kappa shape index (κ1) is 7.21. The second-order valence-electron chi connectivity index (χ2n) is 1.57. The van der Waals surface area contributed by atoms with Crippen molar-refractivity contribution in [2.24, 2.45) is 10.7 Å². The summed E-state index contributed by atoms with van der Waals surface area (Å²) < 4.78 is 0. The normalized spacial score (nSPS) is 10.1.